The van der Waals surface area contributed by atoms with Gasteiger partial charge in [-0.15, -0.1) is 0 Å². The first-order valence-electron chi connectivity index (χ1n) is 6.69. The first-order valence-corrected chi connectivity index (χ1v) is 6.69. The van der Waals surface area contributed by atoms with Crippen LogP contribution in [0.15, 0.2) is 24.3 Å². The van der Waals surface area contributed by atoms with E-state index in [-0.39, 0.29) is 6.03 Å². The van der Waals surface area contributed by atoms with E-state index in [0.29, 0.717) is 6.54 Å². The summed E-state index contributed by atoms with van der Waals surface area (Å²) in [6.45, 7) is 4.82. The molecule has 1 aromatic rings. The molecule has 1 saturated heterocycles. The molecule has 0 unspecified atom stereocenters. The standard InChI is InChI=1S/C14H21N3O/c1-2-15-14(18)16-12-6-8-13(9-7-12)17-10-4-3-5-11-17/h6-9H,2-5,10-11H2,1H3,(H2,15,16,18). The summed E-state index contributed by atoms with van der Waals surface area (Å²) in [7, 11) is 0. The van der Waals surface area contributed by atoms with Crippen LogP contribution in [0, 0.1) is 0 Å². The summed E-state index contributed by atoms with van der Waals surface area (Å²) in [4.78, 5) is 13.8. The van der Waals surface area contributed by atoms with Gasteiger partial charge >= 0.3 is 6.03 Å². The number of urea groups is 1. The molecule has 0 atom stereocenters. The molecule has 2 rings (SSSR count). The maximum Gasteiger partial charge on any atom is 0.319 e. The predicted molar refractivity (Wildman–Crippen MR) is 75.2 cm³/mol. The molecule has 18 heavy (non-hydrogen) atoms. The van der Waals surface area contributed by atoms with Crippen molar-refractivity contribution in [3.05, 3.63) is 24.3 Å². The molecule has 1 heterocycles. The van der Waals surface area contributed by atoms with Crippen molar-refractivity contribution in [1.29, 1.82) is 0 Å². The number of carbonyl (C=O) groups is 1. The second kappa shape index (κ2) is 6.28. The van der Waals surface area contributed by atoms with Crippen LogP contribution in [0.3, 0.4) is 0 Å². The van der Waals surface area contributed by atoms with E-state index in [1.165, 1.54) is 24.9 Å². The lowest BCUT2D eigenvalue weighted by Crippen LogP contribution is -2.29. The highest BCUT2D eigenvalue weighted by Gasteiger charge is 2.10. The average molecular weight is 247 g/mol. The molecule has 4 heteroatoms. The molecule has 1 aliphatic rings. The van der Waals surface area contributed by atoms with Crippen molar-refractivity contribution in [3.8, 4) is 0 Å². The Morgan fingerprint density at radius 2 is 1.83 bits per heavy atom. The van der Waals surface area contributed by atoms with Crippen LogP contribution >= 0.6 is 0 Å². The predicted octanol–water partition coefficient (Wildman–Crippen LogP) is 2.82. The number of hydrogen-bond acceptors (Lipinski definition) is 2. The molecular weight excluding hydrogens is 226 g/mol. The molecule has 98 valence electrons. The Balaban J connectivity index is 1.94. The highest BCUT2D eigenvalue weighted by molar-refractivity contribution is 5.89. The first kappa shape index (κ1) is 12.7. The third-order valence-corrected chi connectivity index (χ3v) is 3.18. The topological polar surface area (TPSA) is 44.4 Å². The molecule has 1 fully saturated rings. The van der Waals surface area contributed by atoms with Gasteiger partial charge in [0.15, 0.2) is 0 Å². The van der Waals surface area contributed by atoms with Gasteiger partial charge in [-0.25, -0.2) is 4.79 Å². The minimum absolute atomic E-state index is 0.150. The van der Waals surface area contributed by atoms with Gasteiger partial charge in [-0.05, 0) is 50.5 Å². The zero-order chi connectivity index (χ0) is 12.8. The second-order valence-corrected chi connectivity index (χ2v) is 4.58. The summed E-state index contributed by atoms with van der Waals surface area (Å²) in [6.07, 6.45) is 3.89. The van der Waals surface area contributed by atoms with E-state index in [1.807, 2.05) is 19.1 Å². The van der Waals surface area contributed by atoms with Gasteiger partial charge in [0, 0.05) is 31.0 Å². The maximum absolute atomic E-state index is 11.4. The Labute approximate surface area is 108 Å². The Hall–Kier alpha value is -1.71. The number of hydrogen-bond donors (Lipinski definition) is 2. The van der Waals surface area contributed by atoms with Crippen LogP contribution in [-0.2, 0) is 0 Å². The molecule has 4 nitrogen and oxygen atoms in total. The highest BCUT2D eigenvalue weighted by atomic mass is 16.2. The molecule has 0 spiro atoms. The Morgan fingerprint density at radius 3 is 2.44 bits per heavy atom. The zero-order valence-electron chi connectivity index (χ0n) is 10.9. The normalized spacial score (nSPS) is 15.3. The van der Waals surface area contributed by atoms with Gasteiger partial charge in [0.2, 0.25) is 0 Å². The van der Waals surface area contributed by atoms with Crippen LogP contribution in [0.1, 0.15) is 26.2 Å². The molecule has 0 aromatic heterocycles. The van der Waals surface area contributed by atoms with Crippen molar-refractivity contribution in [2.24, 2.45) is 0 Å². The fourth-order valence-corrected chi connectivity index (χ4v) is 2.24. The largest absolute Gasteiger partial charge is 0.372 e. The van der Waals surface area contributed by atoms with Crippen molar-refractivity contribution in [1.82, 2.24) is 5.32 Å². The number of benzene rings is 1. The van der Waals surface area contributed by atoms with Crippen LogP contribution in [0.4, 0.5) is 16.2 Å². The van der Waals surface area contributed by atoms with E-state index in [2.05, 4.69) is 27.7 Å². The summed E-state index contributed by atoms with van der Waals surface area (Å²) >= 11 is 0. The minimum Gasteiger partial charge on any atom is -0.372 e. The van der Waals surface area contributed by atoms with E-state index in [0.717, 1.165) is 18.8 Å². The molecule has 0 aliphatic carbocycles. The fraction of sp³-hybridized carbons (Fsp3) is 0.500. The third-order valence-electron chi connectivity index (χ3n) is 3.18. The van der Waals surface area contributed by atoms with Gasteiger partial charge in [-0.2, -0.15) is 0 Å². The highest BCUT2D eigenvalue weighted by Crippen LogP contribution is 2.21. The quantitative estimate of drug-likeness (QED) is 0.862. The molecule has 0 radical (unpaired) electrons. The molecule has 0 bridgehead atoms. The summed E-state index contributed by atoms with van der Waals surface area (Å²) in [5.41, 5.74) is 2.08. The lowest BCUT2D eigenvalue weighted by atomic mass is 10.1. The molecule has 1 aromatic carbocycles. The number of anilines is 2. The average Bonchev–Trinajstić information content (AvgIpc) is 2.41. The summed E-state index contributed by atoms with van der Waals surface area (Å²) < 4.78 is 0. The van der Waals surface area contributed by atoms with Crippen LogP contribution < -0.4 is 15.5 Å². The second-order valence-electron chi connectivity index (χ2n) is 4.58. The Morgan fingerprint density at radius 1 is 1.17 bits per heavy atom. The van der Waals surface area contributed by atoms with Gasteiger partial charge in [0.25, 0.3) is 0 Å². The number of piperidine rings is 1. The summed E-state index contributed by atoms with van der Waals surface area (Å²) in [5.74, 6) is 0. The lowest BCUT2D eigenvalue weighted by Gasteiger charge is -2.28. The van der Waals surface area contributed by atoms with E-state index in [1.54, 1.807) is 0 Å². The molecule has 0 saturated carbocycles. The monoisotopic (exact) mass is 247 g/mol. The smallest absolute Gasteiger partial charge is 0.319 e. The van der Waals surface area contributed by atoms with Gasteiger partial charge in [-0.1, -0.05) is 0 Å². The lowest BCUT2D eigenvalue weighted by molar-refractivity contribution is 0.252. The minimum atomic E-state index is -0.150. The number of nitrogens with one attached hydrogen (secondary N) is 2. The van der Waals surface area contributed by atoms with Crippen LogP contribution in [0.5, 0.6) is 0 Å². The van der Waals surface area contributed by atoms with Gasteiger partial charge < -0.3 is 15.5 Å². The van der Waals surface area contributed by atoms with Crippen LogP contribution in [-0.4, -0.2) is 25.7 Å². The molecule has 1 aliphatic heterocycles. The maximum atomic E-state index is 11.4. The molecule has 2 amide bonds. The third kappa shape index (κ3) is 3.39. The van der Waals surface area contributed by atoms with Gasteiger partial charge in [0.05, 0.1) is 0 Å². The van der Waals surface area contributed by atoms with Crippen molar-refractivity contribution in [2.45, 2.75) is 26.2 Å². The fourth-order valence-electron chi connectivity index (χ4n) is 2.24. The van der Waals surface area contributed by atoms with Crippen molar-refractivity contribution in [2.75, 3.05) is 29.9 Å². The first-order chi connectivity index (χ1) is 8.79. The zero-order valence-corrected chi connectivity index (χ0v) is 10.9. The van der Waals surface area contributed by atoms with Crippen molar-refractivity contribution in [3.63, 3.8) is 0 Å². The molecular formula is C14H21N3O. The van der Waals surface area contributed by atoms with Gasteiger partial charge in [0.1, 0.15) is 0 Å². The van der Waals surface area contributed by atoms with Crippen molar-refractivity contribution >= 4 is 17.4 Å². The number of carbonyl (C=O) groups excluding carboxylic acids is 1. The van der Waals surface area contributed by atoms with E-state index < -0.39 is 0 Å². The number of nitrogens with zero attached hydrogens (tertiary/aromatic N) is 1. The van der Waals surface area contributed by atoms with Crippen molar-refractivity contribution < 1.29 is 4.79 Å². The Kier molecular flexibility index (Phi) is 4.45. The number of amides is 2. The van der Waals surface area contributed by atoms with Crippen LogP contribution in [0.25, 0.3) is 0 Å². The van der Waals surface area contributed by atoms with E-state index in [4.69, 9.17) is 0 Å². The van der Waals surface area contributed by atoms with E-state index >= 15 is 0 Å². The Bertz CT molecular complexity index is 383. The van der Waals surface area contributed by atoms with E-state index in [9.17, 15) is 4.79 Å². The summed E-state index contributed by atoms with van der Waals surface area (Å²) in [5, 5.41) is 5.52. The number of rotatable bonds is 3. The summed E-state index contributed by atoms with van der Waals surface area (Å²) in [6, 6.07) is 7.92. The SMILES string of the molecule is CCNC(=O)Nc1ccc(N2CCCCC2)cc1. The van der Waals surface area contributed by atoms with Gasteiger partial charge in [-0.3, -0.25) is 0 Å². The molecule has 2 N–H and O–H groups in total. The van der Waals surface area contributed by atoms with Crippen LogP contribution in [0.2, 0.25) is 0 Å².